The first-order valence-electron chi connectivity index (χ1n) is 5.89. The number of carbonyl (C=O) groups excluding carboxylic acids is 3. The molecule has 108 valence electrons. The predicted octanol–water partition coefficient (Wildman–Crippen LogP) is -1.02. The number of nitrogens with one attached hydrogen (secondary N) is 2. The molecule has 2 heterocycles. The lowest BCUT2D eigenvalue weighted by molar-refractivity contribution is -0.145. The van der Waals surface area contributed by atoms with Crippen LogP contribution >= 0.6 is 11.3 Å². The maximum atomic E-state index is 11.8. The van der Waals surface area contributed by atoms with E-state index in [0.29, 0.717) is 12.2 Å². The van der Waals surface area contributed by atoms with Gasteiger partial charge in [-0.15, -0.1) is 11.3 Å². The van der Waals surface area contributed by atoms with E-state index in [2.05, 4.69) is 10.3 Å². The van der Waals surface area contributed by atoms with Crippen LogP contribution in [0.2, 0.25) is 0 Å². The van der Waals surface area contributed by atoms with Crippen LogP contribution in [0.1, 0.15) is 29.3 Å². The first-order valence-corrected chi connectivity index (χ1v) is 6.77. The molecule has 8 nitrogen and oxygen atoms in total. The van der Waals surface area contributed by atoms with Gasteiger partial charge in [-0.25, -0.2) is 10.8 Å². The van der Waals surface area contributed by atoms with Gasteiger partial charge in [0.1, 0.15) is 0 Å². The molecule has 20 heavy (non-hydrogen) atoms. The molecule has 0 radical (unpaired) electrons. The lowest BCUT2D eigenvalue weighted by Crippen LogP contribution is -2.63. The summed E-state index contributed by atoms with van der Waals surface area (Å²) in [4.78, 5) is 40.4. The third-order valence-electron chi connectivity index (χ3n) is 3.16. The van der Waals surface area contributed by atoms with Gasteiger partial charge in [-0.3, -0.25) is 30.0 Å². The van der Waals surface area contributed by atoms with E-state index in [1.165, 1.54) is 0 Å². The Hall–Kier alpha value is -1.84. The third-order valence-corrected chi connectivity index (χ3v) is 4.05. The van der Waals surface area contributed by atoms with Crippen LogP contribution in [0.25, 0.3) is 0 Å². The van der Waals surface area contributed by atoms with Gasteiger partial charge in [-0.2, -0.15) is 0 Å². The molecule has 0 atom stereocenters. The zero-order valence-corrected chi connectivity index (χ0v) is 11.9. The van der Waals surface area contributed by atoms with Gasteiger partial charge in [-0.05, 0) is 13.8 Å². The minimum atomic E-state index is -0.812. The Labute approximate surface area is 119 Å². The molecule has 1 aliphatic rings. The normalized spacial score (nSPS) is 18.8. The predicted molar refractivity (Wildman–Crippen MR) is 71.4 cm³/mol. The number of hydrogen-bond acceptors (Lipinski definition) is 7. The van der Waals surface area contributed by atoms with Crippen molar-refractivity contribution >= 4 is 29.1 Å². The van der Waals surface area contributed by atoms with E-state index < -0.39 is 11.4 Å². The number of carbonyl (C=O) groups is 3. The number of aromatic nitrogens is 1. The monoisotopic (exact) mass is 297 g/mol. The highest BCUT2D eigenvalue weighted by Gasteiger charge is 2.40. The molecule has 0 aliphatic carbocycles. The van der Waals surface area contributed by atoms with Crippen molar-refractivity contribution in [3.8, 4) is 0 Å². The Morgan fingerprint density at radius 1 is 1.60 bits per heavy atom. The summed E-state index contributed by atoms with van der Waals surface area (Å²) in [7, 11) is 0. The molecule has 1 fully saturated rings. The zero-order chi connectivity index (χ0) is 14.9. The van der Waals surface area contributed by atoms with Crippen molar-refractivity contribution in [3.63, 3.8) is 0 Å². The van der Waals surface area contributed by atoms with Crippen molar-refractivity contribution in [1.82, 2.24) is 20.6 Å². The molecule has 0 unspecified atom stereocenters. The van der Waals surface area contributed by atoms with Crippen molar-refractivity contribution in [1.29, 1.82) is 0 Å². The number of nitrogens with zero attached hydrogens (tertiary/aromatic N) is 2. The third kappa shape index (κ3) is 2.69. The lowest BCUT2D eigenvalue weighted by Gasteiger charge is -2.39. The quantitative estimate of drug-likeness (QED) is 0.285. The fourth-order valence-corrected chi connectivity index (χ4v) is 2.54. The second kappa shape index (κ2) is 5.27. The molecular weight excluding hydrogens is 282 g/mol. The SMILES string of the molecule is CC1(C)C(=O)NC(=O)CN1Cc1csc(C(=O)NN)n1. The average Bonchev–Trinajstić information content (AvgIpc) is 2.84. The Morgan fingerprint density at radius 2 is 2.30 bits per heavy atom. The van der Waals surface area contributed by atoms with E-state index in [1.54, 1.807) is 24.1 Å². The van der Waals surface area contributed by atoms with E-state index in [4.69, 9.17) is 5.84 Å². The number of hydrogen-bond donors (Lipinski definition) is 3. The summed E-state index contributed by atoms with van der Waals surface area (Å²) in [6.45, 7) is 3.87. The minimum absolute atomic E-state index is 0.106. The highest BCUT2D eigenvalue weighted by atomic mass is 32.1. The fourth-order valence-electron chi connectivity index (χ4n) is 1.83. The molecule has 9 heteroatoms. The first kappa shape index (κ1) is 14.6. The summed E-state index contributed by atoms with van der Waals surface area (Å²) >= 11 is 1.16. The van der Waals surface area contributed by atoms with Gasteiger partial charge in [0.05, 0.1) is 17.8 Å². The summed E-state index contributed by atoms with van der Waals surface area (Å²) in [6, 6.07) is 0. The Bertz CT molecular complexity index is 568. The van der Waals surface area contributed by atoms with Crippen LogP contribution in [-0.4, -0.2) is 39.7 Å². The molecule has 1 aromatic heterocycles. The molecule has 3 amide bonds. The van der Waals surface area contributed by atoms with Gasteiger partial charge in [0.15, 0.2) is 5.01 Å². The molecule has 1 aromatic rings. The average molecular weight is 297 g/mol. The second-order valence-corrected chi connectivity index (χ2v) is 5.77. The van der Waals surface area contributed by atoms with Crippen molar-refractivity contribution < 1.29 is 14.4 Å². The fraction of sp³-hybridized carbons (Fsp3) is 0.455. The molecule has 2 rings (SSSR count). The van der Waals surface area contributed by atoms with E-state index in [1.807, 2.05) is 5.43 Å². The van der Waals surface area contributed by atoms with Crippen LogP contribution in [-0.2, 0) is 16.1 Å². The van der Waals surface area contributed by atoms with Gasteiger partial charge in [0, 0.05) is 11.9 Å². The molecule has 0 spiro atoms. The highest BCUT2D eigenvalue weighted by Crippen LogP contribution is 2.21. The van der Waals surface area contributed by atoms with Gasteiger partial charge in [0.2, 0.25) is 11.8 Å². The topological polar surface area (TPSA) is 117 Å². The van der Waals surface area contributed by atoms with Crippen molar-refractivity contribution in [2.24, 2.45) is 5.84 Å². The number of imide groups is 1. The van der Waals surface area contributed by atoms with Gasteiger partial charge < -0.3 is 0 Å². The standard InChI is InChI=1S/C11H15N5O3S/c1-11(2)10(19)14-7(17)4-16(11)3-6-5-20-9(13-6)8(18)15-12/h5H,3-4,12H2,1-2H3,(H,15,18)(H,14,17,19). The van der Waals surface area contributed by atoms with Gasteiger partial charge in [-0.1, -0.05) is 0 Å². The maximum Gasteiger partial charge on any atom is 0.294 e. The summed E-state index contributed by atoms with van der Waals surface area (Å²) in [5.41, 5.74) is 1.81. The highest BCUT2D eigenvalue weighted by molar-refractivity contribution is 7.11. The summed E-state index contributed by atoms with van der Waals surface area (Å²) in [6.07, 6.45) is 0. The van der Waals surface area contributed by atoms with Crippen LogP contribution < -0.4 is 16.6 Å². The molecule has 4 N–H and O–H groups in total. The van der Waals surface area contributed by atoms with Crippen molar-refractivity contribution in [2.75, 3.05) is 6.54 Å². The number of amides is 3. The molecule has 1 saturated heterocycles. The summed E-state index contributed by atoms with van der Waals surface area (Å²) in [5.74, 6) is 3.88. The number of thiazole rings is 1. The molecule has 0 aromatic carbocycles. The second-order valence-electron chi connectivity index (χ2n) is 4.91. The number of rotatable bonds is 3. The number of nitrogens with two attached hydrogens (primary N) is 1. The van der Waals surface area contributed by atoms with Crippen molar-refractivity contribution in [2.45, 2.75) is 25.9 Å². The summed E-state index contributed by atoms with van der Waals surface area (Å²) in [5, 5.41) is 4.25. The Kier molecular flexibility index (Phi) is 3.84. The van der Waals surface area contributed by atoms with E-state index >= 15 is 0 Å². The summed E-state index contributed by atoms with van der Waals surface area (Å²) < 4.78 is 0. The first-order chi connectivity index (χ1) is 9.34. The Balaban J connectivity index is 2.16. The van der Waals surface area contributed by atoms with Crippen LogP contribution in [0.15, 0.2) is 5.38 Å². The largest absolute Gasteiger partial charge is 0.294 e. The Morgan fingerprint density at radius 3 is 2.95 bits per heavy atom. The van der Waals surface area contributed by atoms with Gasteiger partial charge >= 0.3 is 0 Å². The number of nitrogen functional groups attached to an aromatic ring is 1. The minimum Gasteiger partial charge on any atom is -0.294 e. The van der Waals surface area contributed by atoms with Crippen LogP contribution in [0.5, 0.6) is 0 Å². The van der Waals surface area contributed by atoms with E-state index in [9.17, 15) is 14.4 Å². The van der Waals surface area contributed by atoms with Gasteiger partial charge in [0.25, 0.3) is 5.91 Å². The maximum absolute atomic E-state index is 11.8. The lowest BCUT2D eigenvalue weighted by atomic mass is 9.98. The van der Waals surface area contributed by atoms with Crippen LogP contribution in [0, 0.1) is 0 Å². The molecule has 0 saturated carbocycles. The zero-order valence-electron chi connectivity index (χ0n) is 11.1. The molecule has 0 bridgehead atoms. The number of hydrazine groups is 1. The smallest absolute Gasteiger partial charge is 0.294 e. The van der Waals surface area contributed by atoms with E-state index in [0.717, 1.165) is 11.3 Å². The van der Waals surface area contributed by atoms with E-state index in [-0.39, 0.29) is 23.4 Å². The van der Waals surface area contributed by atoms with Crippen LogP contribution in [0.4, 0.5) is 0 Å². The van der Waals surface area contributed by atoms with Crippen LogP contribution in [0.3, 0.4) is 0 Å². The number of piperazine rings is 1. The van der Waals surface area contributed by atoms with Crippen molar-refractivity contribution in [3.05, 3.63) is 16.1 Å². The molecule has 1 aliphatic heterocycles. The molecular formula is C11H15N5O3S.